The van der Waals surface area contributed by atoms with Gasteiger partial charge in [0.15, 0.2) is 0 Å². The molecule has 0 aliphatic rings. The van der Waals surface area contributed by atoms with Crippen LogP contribution in [0.1, 0.15) is 53.7 Å². The molecule has 1 rings (SSSR count). The molecule has 1 aromatic heterocycles. The number of thiophene rings is 1. The molecule has 0 aliphatic carbocycles. The molecule has 21 heavy (non-hydrogen) atoms. The number of nitrogens with zero attached hydrogens (tertiary/aromatic N) is 1. The Labute approximate surface area is 131 Å². The van der Waals surface area contributed by atoms with Crippen molar-refractivity contribution in [3.05, 3.63) is 21.4 Å². The summed E-state index contributed by atoms with van der Waals surface area (Å²) >= 11 is 1.51. The Bertz CT molecular complexity index is 482. The van der Waals surface area contributed by atoms with Crippen LogP contribution < -0.4 is 0 Å². The van der Waals surface area contributed by atoms with Crippen LogP contribution in [0.2, 0.25) is 0 Å². The van der Waals surface area contributed by atoms with Crippen molar-refractivity contribution in [3.8, 4) is 0 Å². The average Bonchev–Trinajstić information content (AvgIpc) is 2.80. The lowest BCUT2D eigenvalue weighted by molar-refractivity contribution is -0.143. The van der Waals surface area contributed by atoms with Gasteiger partial charge in [-0.2, -0.15) is 0 Å². The molecule has 118 valence electrons. The van der Waals surface area contributed by atoms with E-state index in [0.29, 0.717) is 18.0 Å². The minimum absolute atomic E-state index is 0.0283. The summed E-state index contributed by atoms with van der Waals surface area (Å²) in [5.74, 6) is -0.415. The second kappa shape index (κ2) is 8.82. The van der Waals surface area contributed by atoms with Crippen molar-refractivity contribution in [3.63, 3.8) is 0 Å². The molecule has 1 heterocycles. The van der Waals surface area contributed by atoms with Gasteiger partial charge in [-0.3, -0.25) is 9.59 Å². The molecule has 0 aromatic carbocycles. The number of carbonyl (C=O) groups excluding carboxylic acids is 2. The number of carbonyl (C=O) groups is 2. The fourth-order valence-electron chi connectivity index (χ4n) is 2.18. The zero-order valence-electron chi connectivity index (χ0n) is 13.4. The van der Waals surface area contributed by atoms with Crippen LogP contribution in [0.25, 0.3) is 0 Å². The number of esters is 1. The van der Waals surface area contributed by atoms with Crippen LogP contribution in [-0.4, -0.2) is 36.5 Å². The molecule has 0 fully saturated rings. The second-order valence-electron chi connectivity index (χ2n) is 4.97. The molecule has 0 aliphatic heterocycles. The molecular formula is C16H25NO3S. The van der Waals surface area contributed by atoms with E-state index in [2.05, 4.69) is 6.92 Å². The van der Waals surface area contributed by atoms with Crippen molar-refractivity contribution in [2.45, 2.75) is 47.0 Å². The number of amides is 1. The van der Waals surface area contributed by atoms with Gasteiger partial charge >= 0.3 is 5.97 Å². The normalized spacial score (nSPS) is 10.5. The van der Waals surface area contributed by atoms with Crippen LogP contribution in [0.15, 0.2) is 6.07 Å². The quantitative estimate of drug-likeness (QED) is 0.691. The summed E-state index contributed by atoms with van der Waals surface area (Å²) in [4.78, 5) is 27.7. The maximum Gasteiger partial charge on any atom is 0.325 e. The van der Waals surface area contributed by atoms with Crippen LogP contribution in [0, 0.1) is 6.92 Å². The highest BCUT2D eigenvalue weighted by Crippen LogP contribution is 2.24. The first-order valence-electron chi connectivity index (χ1n) is 7.57. The molecule has 0 radical (unpaired) electrons. The third-order valence-electron chi connectivity index (χ3n) is 3.16. The van der Waals surface area contributed by atoms with Crippen LogP contribution in [0.3, 0.4) is 0 Å². The molecule has 0 spiro atoms. The smallest absolute Gasteiger partial charge is 0.325 e. The number of hydrogen-bond donors (Lipinski definition) is 0. The number of hydrogen-bond acceptors (Lipinski definition) is 4. The Morgan fingerprint density at radius 3 is 2.52 bits per heavy atom. The van der Waals surface area contributed by atoms with E-state index in [4.69, 9.17) is 4.74 Å². The highest BCUT2D eigenvalue weighted by atomic mass is 32.1. The van der Waals surface area contributed by atoms with Gasteiger partial charge in [-0.15, -0.1) is 11.3 Å². The van der Waals surface area contributed by atoms with Crippen LogP contribution in [0.4, 0.5) is 0 Å². The maximum atomic E-state index is 12.6. The first-order valence-corrected chi connectivity index (χ1v) is 8.39. The van der Waals surface area contributed by atoms with Crippen LogP contribution >= 0.6 is 11.3 Å². The Hall–Kier alpha value is -1.36. The molecule has 1 amide bonds. The third kappa shape index (κ3) is 5.16. The van der Waals surface area contributed by atoms with Gasteiger partial charge < -0.3 is 9.64 Å². The number of ether oxygens (including phenoxy) is 1. The summed E-state index contributed by atoms with van der Waals surface area (Å²) in [6.07, 6.45) is 2.87. The zero-order valence-corrected chi connectivity index (χ0v) is 14.2. The SMILES string of the molecule is CCCc1cc(C(=O)N(CCC)CC(=O)OCC)sc1C. The Morgan fingerprint density at radius 2 is 1.95 bits per heavy atom. The summed E-state index contributed by atoms with van der Waals surface area (Å²) < 4.78 is 4.94. The zero-order chi connectivity index (χ0) is 15.8. The lowest BCUT2D eigenvalue weighted by Crippen LogP contribution is -2.36. The van der Waals surface area contributed by atoms with E-state index in [1.165, 1.54) is 21.8 Å². The van der Waals surface area contributed by atoms with E-state index >= 15 is 0 Å². The third-order valence-corrected chi connectivity index (χ3v) is 4.24. The fourth-order valence-corrected chi connectivity index (χ4v) is 3.22. The van der Waals surface area contributed by atoms with Crippen molar-refractivity contribution in [2.24, 2.45) is 0 Å². The summed E-state index contributed by atoms with van der Waals surface area (Å²) in [7, 11) is 0. The fraction of sp³-hybridized carbons (Fsp3) is 0.625. The molecular weight excluding hydrogens is 286 g/mol. The van der Waals surface area contributed by atoms with E-state index in [1.54, 1.807) is 11.8 Å². The highest BCUT2D eigenvalue weighted by Gasteiger charge is 2.21. The van der Waals surface area contributed by atoms with Crippen molar-refractivity contribution in [1.29, 1.82) is 0 Å². The van der Waals surface area contributed by atoms with Gasteiger partial charge in [0.05, 0.1) is 11.5 Å². The van der Waals surface area contributed by atoms with Crippen molar-refractivity contribution in [2.75, 3.05) is 19.7 Å². The largest absolute Gasteiger partial charge is 0.465 e. The van der Waals surface area contributed by atoms with Gasteiger partial charge in [0.1, 0.15) is 6.54 Å². The average molecular weight is 311 g/mol. The number of rotatable bonds is 8. The summed E-state index contributed by atoms with van der Waals surface area (Å²) in [6.45, 7) is 8.87. The van der Waals surface area contributed by atoms with E-state index in [1.807, 2.05) is 19.9 Å². The van der Waals surface area contributed by atoms with Crippen LogP contribution in [0.5, 0.6) is 0 Å². The van der Waals surface area contributed by atoms with E-state index < -0.39 is 0 Å². The summed E-state index contributed by atoms with van der Waals surface area (Å²) in [6, 6.07) is 1.97. The molecule has 5 heteroatoms. The molecule has 0 unspecified atom stereocenters. The summed E-state index contributed by atoms with van der Waals surface area (Å²) in [5.41, 5.74) is 1.23. The monoisotopic (exact) mass is 311 g/mol. The van der Waals surface area contributed by atoms with Gasteiger partial charge in [0.25, 0.3) is 5.91 Å². The van der Waals surface area contributed by atoms with Crippen molar-refractivity contribution >= 4 is 23.2 Å². The predicted molar refractivity (Wildman–Crippen MR) is 85.9 cm³/mol. The maximum absolute atomic E-state index is 12.6. The van der Waals surface area contributed by atoms with Gasteiger partial charge in [-0.05, 0) is 38.3 Å². The van der Waals surface area contributed by atoms with Gasteiger partial charge in [0.2, 0.25) is 0 Å². The van der Waals surface area contributed by atoms with Crippen molar-refractivity contribution in [1.82, 2.24) is 4.90 Å². The lowest BCUT2D eigenvalue weighted by Gasteiger charge is -2.20. The molecule has 1 aromatic rings. The molecule has 4 nitrogen and oxygen atoms in total. The van der Waals surface area contributed by atoms with Gasteiger partial charge in [-0.25, -0.2) is 0 Å². The molecule has 0 bridgehead atoms. The van der Waals surface area contributed by atoms with Gasteiger partial charge in [0, 0.05) is 11.4 Å². The predicted octanol–water partition coefficient (Wildman–Crippen LogP) is 3.42. The minimum Gasteiger partial charge on any atom is -0.465 e. The Kier molecular flexibility index (Phi) is 7.43. The van der Waals surface area contributed by atoms with E-state index in [-0.39, 0.29) is 18.4 Å². The first-order chi connectivity index (χ1) is 10.0. The molecule has 0 saturated carbocycles. The van der Waals surface area contributed by atoms with Crippen LogP contribution in [-0.2, 0) is 16.0 Å². The second-order valence-corrected chi connectivity index (χ2v) is 6.23. The molecule has 0 atom stereocenters. The first kappa shape index (κ1) is 17.7. The van der Waals surface area contributed by atoms with Gasteiger partial charge in [-0.1, -0.05) is 20.3 Å². The van der Waals surface area contributed by atoms with Crippen molar-refractivity contribution < 1.29 is 14.3 Å². The molecule has 0 saturated heterocycles. The summed E-state index contributed by atoms with van der Waals surface area (Å²) in [5, 5.41) is 0. The Balaban J connectivity index is 2.84. The molecule has 0 N–H and O–H groups in total. The Morgan fingerprint density at radius 1 is 1.24 bits per heavy atom. The van der Waals surface area contributed by atoms with E-state index in [0.717, 1.165) is 19.3 Å². The topological polar surface area (TPSA) is 46.6 Å². The minimum atomic E-state index is -0.346. The van der Waals surface area contributed by atoms with E-state index in [9.17, 15) is 9.59 Å². The lowest BCUT2D eigenvalue weighted by atomic mass is 10.1. The highest BCUT2D eigenvalue weighted by molar-refractivity contribution is 7.14. The standard InChI is InChI=1S/C16H25NO3S/c1-5-8-13-10-14(21-12(13)4)16(19)17(9-6-2)11-15(18)20-7-3/h10H,5-9,11H2,1-4H3. The number of aryl methyl sites for hydroxylation is 2.